The van der Waals surface area contributed by atoms with E-state index in [2.05, 4.69) is 11.8 Å². The quantitative estimate of drug-likeness (QED) is 0.160. The van der Waals surface area contributed by atoms with Crippen LogP contribution in [0.1, 0.15) is 43.4 Å². The third kappa shape index (κ3) is 5.81. The molecule has 0 spiro atoms. The number of benzene rings is 4. The van der Waals surface area contributed by atoms with E-state index in [4.69, 9.17) is 30.8 Å². The van der Waals surface area contributed by atoms with Crippen LogP contribution in [0.25, 0.3) is 22.6 Å². The summed E-state index contributed by atoms with van der Waals surface area (Å²) in [6, 6.07) is 20.0. The Morgan fingerprint density at radius 3 is 2.00 bits per heavy atom. The fourth-order valence-electron chi connectivity index (χ4n) is 5.56. The molecule has 7 heteroatoms. The van der Waals surface area contributed by atoms with E-state index in [1.165, 1.54) is 0 Å². The van der Waals surface area contributed by atoms with Gasteiger partial charge in [-0.05, 0) is 41.8 Å². The number of ether oxygens (including phenoxy) is 4. The first-order chi connectivity index (χ1) is 23.3. The largest absolute Gasteiger partial charge is 0.454 e. The molecule has 7 nitrogen and oxygen atoms in total. The van der Waals surface area contributed by atoms with Crippen molar-refractivity contribution in [3.05, 3.63) is 114 Å². The molecule has 2 aliphatic rings. The minimum atomic E-state index is -0.428. The molecule has 0 atom stereocenters. The van der Waals surface area contributed by atoms with Gasteiger partial charge >= 0.3 is 0 Å². The number of fused-ring (bicyclic) bond motifs is 2. The van der Waals surface area contributed by atoms with Gasteiger partial charge in [0.1, 0.15) is 5.82 Å². The summed E-state index contributed by atoms with van der Waals surface area (Å²) in [5.41, 5.74) is 4.63. The maximum absolute atomic E-state index is 8.81. The lowest BCUT2D eigenvalue weighted by Gasteiger charge is -2.25. The fourth-order valence-corrected chi connectivity index (χ4v) is 5.56. The molecule has 218 valence electrons. The second-order valence-corrected chi connectivity index (χ2v) is 10.6. The van der Waals surface area contributed by atoms with Gasteiger partial charge in [0.05, 0.1) is 18.2 Å². The first-order valence-electron chi connectivity index (χ1n) is 17.0. The Morgan fingerprint density at radius 2 is 1.37 bits per heavy atom. The van der Waals surface area contributed by atoms with Crippen molar-refractivity contribution in [3.63, 3.8) is 0 Å². The highest BCUT2D eigenvalue weighted by Crippen LogP contribution is 2.36. The van der Waals surface area contributed by atoms with E-state index in [1.807, 2.05) is 71.3 Å². The van der Waals surface area contributed by atoms with Crippen LogP contribution in [0.3, 0.4) is 0 Å². The second-order valence-electron chi connectivity index (χ2n) is 10.6. The maximum Gasteiger partial charge on any atom is 0.231 e. The van der Waals surface area contributed by atoms with Gasteiger partial charge < -0.3 is 23.5 Å². The third-order valence-corrected chi connectivity index (χ3v) is 7.64. The van der Waals surface area contributed by atoms with Gasteiger partial charge in [-0.25, -0.2) is 4.98 Å². The van der Waals surface area contributed by atoms with E-state index < -0.39 is 6.04 Å². The highest BCUT2D eigenvalue weighted by atomic mass is 16.7. The summed E-state index contributed by atoms with van der Waals surface area (Å²) in [6.45, 7) is 4.61. The number of hydrogen-bond donors (Lipinski definition) is 0. The van der Waals surface area contributed by atoms with Gasteiger partial charge in [0.15, 0.2) is 23.0 Å². The molecule has 0 saturated carbocycles. The molecule has 0 fully saturated rings. The van der Waals surface area contributed by atoms with Crippen LogP contribution < -0.4 is 18.9 Å². The summed E-state index contributed by atoms with van der Waals surface area (Å²) in [5.74, 6) is 3.20. The van der Waals surface area contributed by atoms with Crippen LogP contribution in [-0.4, -0.2) is 28.0 Å². The number of hydrogen-bond acceptors (Lipinski definition) is 6. The molecule has 0 radical (unpaired) electrons. The Morgan fingerprint density at radius 1 is 0.744 bits per heavy atom. The van der Waals surface area contributed by atoms with Crippen LogP contribution in [0.2, 0.25) is 0 Å². The van der Waals surface area contributed by atoms with Gasteiger partial charge in [0.2, 0.25) is 13.6 Å². The summed E-state index contributed by atoms with van der Waals surface area (Å²) < 4.78 is 67.1. The lowest BCUT2D eigenvalue weighted by Crippen LogP contribution is -2.24. The molecular formula is C36H35N3O4. The monoisotopic (exact) mass is 578 g/mol. The van der Waals surface area contributed by atoms with Crippen molar-refractivity contribution in [1.82, 2.24) is 14.5 Å². The molecule has 0 amide bonds. The Balaban J connectivity index is 1.37. The molecule has 43 heavy (non-hydrogen) atoms. The van der Waals surface area contributed by atoms with Crippen LogP contribution in [-0.2, 0) is 26.2 Å². The van der Waals surface area contributed by atoms with Crippen molar-refractivity contribution in [3.8, 4) is 45.6 Å². The maximum atomic E-state index is 8.81. The SMILES string of the molecule is [2H]c1c([2H])c([2H])c(-c2nc(-c3ccccc3)c(CN(Cc3ccc4c(c3)OCO4)Cc3ccc4c(c3)OCO4)n2CCCC)c([2H])c1[2H]. The summed E-state index contributed by atoms with van der Waals surface area (Å²) in [7, 11) is 0. The molecule has 2 aliphatic heterocycles. The van der Waals surface area contributed by atoms with Crippen LogP contribution in [0.5, 0.6) is 23.0 Å². The topological polar surface area (TPSA) is 58.0 Å². The van der Waals surface area contributed by atoms with Crippen LogP contribution in [0.4, 0.5) is 0 Å². The summed E-state index contributed by atoms with van der Waals surface area (Å²) in [5, 5.41) is 0. The molecule has 5 aromatic rings. The number of rotatable bonds is 11. The van der Waals surface area contributed by atoms with Crippen molar-refractivity contribution < 1.29 is 25.8 Å². The van der Waals surface area contributed by atoms with E-state index >= 15 is 0 Å². The van der Waals surface area contributed by atoms with E-state index in [-0.39, 0.29) is 43.3 Å². The van der Waals surface area contributed by atoms with Gasteiger partial charge in [-0.3, -0.25) is 4.90 Å². The minimum Gasteiger partial charge on any atom is -0.454 e. The Hall–Kier alpha value is -4.75. The van der Waals surface area contributed by atoms with E-state index in [9.17, 15) is 0 Å². The predicted molar refractivity (Wildman–Crippen MR) is 166 cm³/mol. The molecule has 0 bridgehead atoms. The average Bonchev–Trinajstić information content (AvgIpc) is 3.85. The van der Waals surface area contributed by atoms with Crippen LogP contribution in [0.15, 0.2) is 96.9 Å². The van der Waals surface area contributed by atoms with Crippen molar-refractivity contribution in [2.24, 2.45) is 0 Å². The molecule has 4 aromatic carbocycles. The summed E-state index contributed by atoms with van der Waals surface area (Å²) in [6.07, 6.45) is 1.71. The molecule has 7 rings (SSSR count). The van der Waals surface area contributed by atoms with Crippen LogP contribution in [0, 0.1) is 0 Å². The number of nitrogens with zero attached hydrogens (tertiary/aromatic N) is 3. The fraction of sp³-hybridized carbons (Fsp3) is 0.250. The van der Waals surface area contributed by atoms with E-state index in [0.29, 0.717) is 60.7 Å². The van der Waals surface area contributed by atoms with E-state index in [0.717, 1.165) is 35.2 Å². The normalized spacial score (nSPS) is 14.8. The Labute approximate surface area is 259 Å². The molecule has 3 heterocycles. The zero-order valence-electron chi connectivity index (χ0n) is 29.0. The Kier molecular flexibility index (Phi) is 6.23. The van der Waals surface area contributed by atoms with Gasteiger partial charge in [-0.1, -0.05) is 86.0 Å². The van der Waals surface area contributed by atoms with Crippen molar-refractivity contribution in [1.29, 1.82) is 0 Å². The van der Waals surface area contributed by atoms with Gasteiger partial charge in [0, 0.05) is 37.3 Å². The molecule has 0 saturated heterocycles. The first-order valence-corrected chi connectivity index (χ1v) is 14.5. The van der Waals surface area contributed by atoms with Crippen LogP contribution >= 0.6 is 0 Å². The Bertz CT molecular complexity index is 1900. The highest BCUT2D eigenvalue weighted by molar-refractivity contribution is 5.68. The number of aromatic nitrogens is 2. The minimum absolute atomic E-state index is 0.0960. The zero-order chi connectivity index (χ0) is 33.4. The van der Waals surface area contributed by atoms with Gasteiger partial charge in [-0.2, -0.15) is 0 Å². The molecule has 0 unspecified atom stereocenters. The average molecular weight is 579 g/mol. The summed E-state index contributed by atoms with van der Waals surface area (Å²) in [4.78, 5) is 7.39. The predicted octanol–water partition coefficient (Wildman–Crippen LogP) is 7.68. The highest BCUT2D eigenvalue weighted by Gasteiger charge is 2.23. The summed E-state index contributed by atoms with van der Waals surface area (Å²) >= 11 is 0. The third-order valence-electron chi connectivity index (χ3n) is 7.64. The molecule has 1 aromatic heterocycles. The van der Waals surface area contributed by atoms with E-state index in [1.54, 1.807) is 0 Å². The standard InChI is InChI=1S/C36H35N3O4/c1-2-3-18-39-30(35(28-10-6-4-7-11-28)37-36(39)29-12-8-5-9-13-29)23-38(21-26-14-16-31-33(19-26)42-24-40-31)22-27-15-17-32-34(20-27)43-25-41-32/h4-17,19-20H,2-3,18,21-25H2,1H3/i5D,8D,9D,12D,13D. The smallest absolute Gasteiger partial charge is 0.231 e. The zero-order valence-corrected chi connectivity index (χ0v) is 24.0. The lowest BCUT2D eigenvalue weighted by atomic mass is 10.1. The van der Waals surface area contributed by atoms with Gasteiger partial charge in [-0.15, -0.1) is 0 Å². The van der Waals surface area contributed by atoms with Gasteiger partial charge in [0.25, 0.3) is 0 Å². The van der Waals surface area contributed by atoms with Crippen molar-refractivity contribution >= 4 is 0 Å². The lowest BCUT2D eigenvalue weighted by molar-refractivity contribution is 0.173. The molecule has 0 N–H and O–H groups in total. The second kappa shape index (κ2) is 12.2. The van der Waals surface area contributed by atoms with Crippen molar-refractivity contribution in [2.75, 3.05) is 13.6 Å². The first kappa shape index (κ1) is 21.9. The van der Waals surface area contributed by atoms with Crippen molar-refractivity contribution in [2.45, 2.75) is 45.9 Å². The number of unbranched alkanes of at least 4 members (excludes halogenated alkanes) is 1. The molecular weight excluding hydrogens is 538 g/mol. The number of imidazole rings is 1. The molecule has 0 aliphatic carbocycles.